The number of amides is 1. The fourth-order valence-corrected chi connectivity index (χ4v) is 5.52. The smallest absolute Gasteiger partial charge is 0.359 e. The van der Waals surface area contributed by atoms with Gasteiger partial charge < -0.3 is 9.64 Å². The molecule has 0 unspecified atom stereocenters. The van der Waals surface area contributed by atoms with Crippen LogP contribution in [0.2, 0.25) is 0 Å². The Balaban J connectivity index is 1.19. The lowest BCUT2D eigenvalue weighted by Crippen LogP contribution is -2.51. The first kappa shape index (κ1) is 22.1. The Morgan fingerprint density at radius 1 is 0.912 bits per heavy atom. The van der Waals surface area contributed by atoms with Gasteiger partial charge in [-0.25, -0.2) is 13.2 Å². The monoisotopic (exact) mass is 478 g/mol. The van der Waals surface area contributed by atoms with Crippen LogP contribution in [-0.2, 0) is 19.6 Å². The van der Waals surface area contributed by atoms with Gasteiger partial charge in [0.05, 0.1) is 10.4 Å². The molecule has 1 N–H and O–H groups in total. The maximum absolute atomic E-state index is 13.1. The fraction of sp³-hybridized carbons (Fsp3) is 0.208. The van der Waals surface area contributed by atoms with Crippen LogP contribution in [0.4, 0.5) is 0 Å². The van der Waals surface area contributed by atoms with Crippen molar-refractivity contribution in [1.82, 2.24) is 19.4 Å². The molecule has 3 aromatic carbocycles. The van der Waals surface area contributed by atoms with Crippen LogP contribution in [-0.4, -0.2) is 72.5 Å². The number of esters is 1. The number of para-hydroxylation sites is 1. The molecule has 1 aromatic heterocycles. The number of rotatable bonds is 5. The average Bonchev–Trinajstić information content (AvgIpc) is 3.31. The minimum atomic E-state index is -3.68. The van der Waals surface area contributed by atoms with Crippen molar-refractivity contribution in [1.29, 1.82) is 0 Å². The Bertz CT molecular complexity index is 1490. The van der Waals surface area contributed by atoms with E-state index in [0.717, 1.165) is 10.8 Å². The van der Waals surface area contributed by atoms with Crippen molar-refractivity contribution < 1.29 is 22.7 Å². The second-order valence-corrected chi connectivity index (χ2v) is 9.93. The number of carbonyl (C=O) groups is 2. The Labute approximate surface area is 196 Å². The molecular weight excluding hydrogens is 456 g/mol. The predicted molar refractivity (Wildman–Crippen MR) is 126 cm³/mol. The van der Waals surface area contributed by atoms with Crippen LogP contribution in [0.15, 0.2) is 71.6 Å². The zero-order valence-electron chi connectivity index (χ0n) is 18.2. The van der Waals surface area contributed by atoms with Crippen LogP contribution < -0.4 is 0 Å². The van der Waals surface area contributed by atoms with Gasteiger partial charge in [0.2, 0.25) is 10.0 Å². The maximum atomic E-state index is 13.1. The molecule has 1 aliphatic rings. The third-order valence-corrected chi connectivity index (χ3v) is 7.84. The van der Waals surface area contributed by atoms with Crippen molar-refractivity contribution in [3.8, 4) is 0 Å². The first-order valence-corrected chi connectivity index (χ1v) is 12.2. The zero-order valence-corrected chi connectivity index (χ0v) is 19.0. The summed E-state index contributed by atoms with van der Waals surface area (Å²) in [5.74, 6) is -1.07. The highest BCUT2D eigenvalue weighted by Gasteiger charge is 2.30. The highest BCUT2D eigenvalue weighted by molar-refractivity contribution is 7.89. The Morgan fingerprint density at radius 2 is 1.62 bits per heavy atom. The molecule has 1 aliphatic heterocycles. The lowest BCUT2D eigenvalue weighted by atomic mass is 10.1. The summed E-state index contributed by atoms with van der Waals surface area (Å²) in [5.41, 5.74) is 0.819. The first-order valence-electron chi connectivity index (χ1n) is 10.8. The number of sulfonamides is 1. The molecule has 0 radical (unpaired) electrons. The van der Waals surface area contributed by atoms with E-state index in [0.29, 0.717) is 10.9 Å². The first-order chi connectivity index (χ1) is 16.4. The van der Waals surface area contributed by atoms with Gasteiger partial charge in [-0.1, -0.05) is 48.5 Å². The standard InChI is InChI=1S/C24H22N4O5S/c29-22(16-33-24(30)23-20-7-3-4-8-21(20)25-26-23)27-11-13-28(14-12-27)34(31,32)19-10-9-17-5-1-2-6-18(17)15-19/h1-10,15H,11-14,16H2,(H,25,26). The normalized spacial score (nSPS) is 15.0. The molecule has 0 atom stereocenters. The maximum Gasteiger partial charge on any atom is 0.359 e. The number of benzene rings is 3. The quantitative estimate of drug-likeness (QED) is 0.441. The molecule has 34 heavy (non-hydrogen) atoms. The summed E-state index contributed by atoms with van der Waals surface area (Å²) in [6.45, 7) is 0.332. The molecule has 0 spiro atoms. The number of fused-ring (bicyclic) bond motifs is 2. The van der Waals surface area contributed by atoms with Crippen molar-refractivity contribution >= 4 is 43.6 Å². The average molecular weight is 479 g/mol. The van der Waals surface area contributed by atoms with Gasteiger partial charge >= 0.3 is 5.97 Å². The lowest BCUT2D eigenvalue weighted by Gasteiger charge is -2.33. The number of hydrogen-bond acceptors (Lipinski definition) is 6. The molecule has 0 saturated carbocycles. The summed E-state index contributed by atoms with van der Waals surface area (Å²) in [5, 5.41) is 9.16. The van der Waals surface area contributed by atoms with Crippen LogP contribution >= 0.6 is 0 Å². The van der Waals surface area contributed by atoms with Crippen LogP contribution in [0.5, 0.6) is 0 Å². The molecule has 1 fully saturated rings. The topological polar surface area (TPSA) is 113 Å². The second-order valence-electron chi connectivity index (χ2n) is 7.99. The summed E-state index contributed by atoms with van der Waals surface area (Å²) in [6.07, 6.45) is 0. The van der Waals surface area contributed by atoms with Crippen molar-refractivity contribution in [3.63, 3.8) is 0 Å². The Morgan fingerprint density at radius 3 is 2.41 bits per heavy atom. The van der Waals surface area contributed by atoms with Gasteiger partial charge in [-0.2, -0.15) is 9.40 Å². The third kappa shape index (κ3) is 4.13. The minimum absolute atomic E-state index is 0.120. The summed E-state index contributed by atoms with van der Waals surface area (Å²) >= 11 is 0. The highest BCUT2D eigenvalue weighted by Crippen LogP contribution is 2.23. The van der Waals surface area contributed by atoms with Crippen LogP contribution in [0.3, 0.4) is 0 Å². The predicted octanol–water partition coefficient (Wildman–Crippen LogP) is 2.41. The molecule has 4 aromatic rings. The van der Waals surface area contributed by atoms with E-state index in [4.69, 9.17) is 4.74 Å². The lowest BCUT2D eigenvalue weighted by molar-refractivity contribution is -0.135. The number of hydrogen-bond donors (Lipinski definition) is 1. The van der Waals surface area contributed by atoms with E-state index in [2.05, 4.69) is 10.2 Å². The van der Waals surface area contributed by atoms with Crippen LogP contribution in [0, 0.1) is 0 Å². The minimum Gasteiger partial charge on any atom is -0.451 e. The molecule has 0 bridgehead atoms. The molecule has 5 rings (SSSR count). The molecule has 10 heteroatoms. The van der Waals surface area contributed by atoms with Crippen molar-refractivity contribution in [2.24, 2.45) is 0 Å². The van der Waals surface area contributed by atoms with Crippen LogP contribution in [0.25, 0.3) is 21.7 Å². The summed E-state index contributed by atoms with van der Waals surface area (Å²) in [4.78, 5) is 26.7. The zero-order chi connectivity index (χ0) is 23.7. The SMILES string of the molecule is O=C(OCC(=O)N1CCN(S(=O)(=O)c2ccc3ccccc3c2)CC1)c1n[nH]c2ccccc12. The van der Waals surface area contributed by atoms with Gasteiger partial charge in [0.1, 0.15) is 0 Å². The number of carbonyl (C=O) groups excluding carboxylic acids is 2. The van der Waals surface area contributed by atoms with E-state index in [9.17, 15) is 18.0 Å². The number of piperazine rings is 1. The van der Waals surface area contributed by atoms with Gasteiger partial charge in [0.25, 0.3) is 5.91 Å². The van der Waals surface area contributed by atoms with E-state index in [1.807, 2.05) is 30.3 Å². The number of nitrogens with one attached hydrogen (secondary N) is 1. The van der Waals surface area contributed by atoms with Crippen LogP contribution in [0.1, 0.15) is 10.5 Å². The van der Waals surface area contributed by atoms with Gasteiger partial charge in [-0.3, -0.25) is 9.89 Å². The van der Waals surface area contributed by atoms with E-state index < -0.39 is 22.6 Å². The van der Waals surface area contributed by atoms with E-state index in [1.165, 1.54) is 9.21 Å². The molecule has 9 nitrogen and oxygen atoms in total. The molecule has 0 aliphatic carbocycles. The molecule has 1 saturated heterocycles. The largest absolute Gasteiger partial charge is 0.451 e. The Hall–Kier alpha value is -3.76. The number of aromatic amines is 1. The fourth-order valence-electron chi connectivity index (χ4n) is 4.06. The highest BCUT2D eigenvalue weighted by atomic mass is 32.2. The van der Waals surface area contributed by atoms with Gasteiger partial charge in [0, 0.05) is 31.6 Å². The number of nitrogens with zero attached hydrogens (tertiary/aromatic N) is 3. The van der Waals surface area contributed by atoms with Crippen molar-refractivity contribution in [3.05, 3.63) is 72.4 Å². The van der Waals surface area contributed by atoms with E-state index >= 15 is 0 Å². The molecular formula is C24H22N4O5S. The van der Waals surface area contributed by atoms with E-state index in [1.54, 1.807) is 36.4 Å². The number of ether oxygens (including phenoxy) is 1. The summed E-state index contributed by atoms with van der Waals surface area (Å²) in [6, 6.07) is 19.8. The summed E-state index contributed by atoms with van der Waals surface area (Å²) in [7, 11) is -3.68. The molecule has 1 amide bonds. The van der Waals surface area contributed by atoms with Gasteiger partial charge in [0.15, 0.2) is 12.3 Å². The van der Waals surface area contributed by atoms with Crippen molar-refractivity contribution in [2.75, 3.05) is 32.8 Å². The summed E-state index contributed by atoms with van der Waals surface area (Å²) < 4.78 is 32.8. The number of aromatic nitrogens is 2. The van der Waals surface area contributed by atoms with Gasteiger partial charge in [-0.15, -0.1) is 0 Å². The van der Waals surface area contributed by atoms with Crippen molar-refractivity contribution in [2.45, 2.75) is 4.90 Å². The van der Waals surface area contributed by atoms with Gasteiger partial charge in [-0.05, 0) is 29.0 Å². The molecule has 174 valence electrons. The third-order valence-electron chi connectivity index (χ3n) is 5.94. The second kappa shape index (κ2) is 8.88. The molecule has 2 heterocycles. The Kier molecular flexibility index (Phi) is 5.76. The van der Waals surface area contributed by atoms with E-state index in [-0.39, 0.29) is 42.7 Å². The number of H-pyrrole nitrogens is 1.